The number of aliphatic hydroxyl groups is 1. The van der Waals surface area contributed by atoms with Gasteiger partial charge in [-0.25, -0.2) is 0 Å². The van der Waals surface area contributed by atoms with Crippen molar-refractivity contribution in [2.45, 2.75) is 45.6 Å². The molecule has 1 unspecified atom stereocenters. The molecule has 0 fully saturated rings. The van der Waals surface area contributed by atoms with Crippen LogP contribution in [-0.4, -0.2) is 11.2 Å². The van der Waals surface area contributed by atoms with Gasteiger partial charge in [0.1, 0.15) is 0 Å². The lowest BCUT2D eigenvalue weighted by Crippen LogP contribution is -2.11. The Morgan fingerprint density at radius 3 is 2.00 bits per heavy atom. The maximum Gasteiger partial charge on any atom is 0.0552 e. The van der Waals surface area contributed by atoms with Gasteiger partial charge in [-0.2, -0.15) is 0 Å². The summed E-state index contributed by atoms with van der Waals surface area (Å²) in [4.78, 5) is 0. The second kappa shape index (κ2) is 4.14. The van der Waals surface area contributed by atoms with Crippen LogP contribution in [-0.2, 0) is 11.8 Å². The maximum absolute atomic E-state index is 9.23. The van der Waals surface area contributed by atoms with Crippen LogP contribution in [0.25, 0.3) is 0 Å². The monoisotopic (exact) mass is 192 g/mol. The highest BCUT2D eigenvalue weighted by molar-refractivity contribution is 5.27. The summed E-state index contributed by atoms with van der Waals surface area (Å²) in [6, 6.07) is 8.51. The first-order valence-electron chi connectivity index (χ1n) is 5.17. The van der Waals surface area contributed by atoms with Gasteiger partial charge in [-0.05, 0) is 29.9 Å². The van der Waals surface area contributed by atoms with Gasteiger partial charge in [0.2, 0.25) is 0 Å². The summed E-state index contributed by atoms with van der Waals surface area (Å²) in [5, 5.41) is 9.23. The molecule has 0 amide bonds. The number of benzene rings is 1. The number of aliphatic hydroxyl groups excluding tert-OH is 1. The van der Waals surface area contributed by atoms with Crippen molar-refractivity contribution in [3.8, 4) is 0 Å². The van der Waals surface area contributed by atoms with E-state index in [4.69, 9.17) is 0 Å². The molecule has 0 spiro atoms. The summed E-state index contributed by atoms with van der Waals surface area (Å²) in [5.41, 5.74) is 2.75. The molecule has 1 atom stereocenters. The Balaban J connectivity index is 2.79. The van der Waals surface area contributed by atoms with Gasteiger partial charge in [-0.15, -0.1) is 0 Å². The van der Waals surface area contributed by atoms with E-state index in [9.17, 15) is 5.11 Å². The molecular weight excluding hydrogens is 172 g/mol. The first kappa shape index (κ1) is 11.3. The fourth-order valence-corrected chi connectivity index (χ4v) is 1.48. The lowest BCUT2D eigenvalue weighted by Gasteiger charge is -2.19. The normalized spacial score (nSPS) is 14.1. The van der Waals surface area contributed by atoms with Crippen LogP contribution in [0.5, 0.6) is 0 Å². The van der Waals surface area contributed by atoms with Crippen molar-refractivity contribution in [1.29, 1.82) is 0 Å². The van der Waals surface area contributed by atoms with Crippen LogP contribution in [0.1, 0.15) is 38.8 Å². The van der Waals surface area contributed by atoms with E-state index in [0.29, 0.717) is 0 Å². The quantitative estimate of drug-likeness (QED) is 0.764. The first-order valence-corrected chi connectivity index (χ1v) is 5.17. The summed E-state index contributed by atoms with van der Waals surface area (Å²) in [6.45, 7) is 8.43. The minimum absolute atomic E-state index is 0.212. The van der Waals surface area contributed by atoms with Gasteiger partial charge in [-0.3, -0.25) is 0 Å². The molecule has 78 valence electrons. The smallest absolute Gasteiger partial charge is 0.0552 e. The van der Waals surface area contributed by atoms with Gasteiger partial charge in [-0.1, -0.05) is 45.0 Å². The van der Waals surface area contributed by atoms with E-state index in [0.717, 1.165) is 6.42 Å². The zero-order valence-electron chi connectivity index (χ0n) is 9.54. The number of hydrogen-bond donors (Lipinski definition) is 1. The maximum atomic E-state index is 9.23. The molecule has 0 saturated heterocycles. The highest BCUT2D eigenvalue weighted by Gasteiger charge is 2.12. The summed E-state index contributed by atoms with van der Waals surface area (Å²) >= 11 is 0. The van der Waals surface area contributed by atoms with Crippen molar-refractivity contribution >= 4 is 0 Å². The third-order valence-corrected chi connectivity index (χ3v) is 2.35. The number of hydrogen-bond acceptors (Lipinski definition) is 1. The van der Waals surface area contributed by atoms with E-state index in [2.05, 4.69) is 45.0 Å². The van der Waals surface area contributed by atoms with Crippen molar-refractivity contribution in [2.24, 2.45) is 0 Å². The van der Waals surface area contributed by atoms with Crippen LogP contribution < -0.4 is 0 Å². The topological polar surface area (TPSA) is 20.2 Å². The lowest BCUT2D eigenvalue weighted by molar-refractivity contribution is 0.195. The standard InChI is InChI=1S/C13H20O/c1-10(14)9-11-5-7-12(8-6-11)13(2,3)4/h5-8,10,14H,9H2,1-4H3. The van der Waals surface area contributed by atoms with Crippen molar-refractivity contribution < 1.29 is 5.11 Å². The molecule has 1 rings (SSSR count). The molecule has 0 bridgehead atoms. The second-order valence-electron chi connectivity index (χ2n) is 5.00. The van der Waals surface area contributed by atoms with Crippen LogP contribution in [0.4, 0.5) is 0 Å². The van der Waals surface area contributed by atoms with Gasteiger partial charge < -0.3 is 5.11 Å². The molecule has 0 saturated carbocycles. The van der Waals surface area contributed by atoms with E-state index >= 15 is 0 Å². The highest BCUT2D eigenvalue weighted by Crippen LogP contribution is 2.22. The molecule has 0 aliphatic rings. The second-order valence-corrected chi connectivity index (χ2v) is 5.00. The molecule has 0 aliphatic heterocycles. The Morgan fingerprint density at radius 2 is 1.64 bits per heavy atom. The highest BCUT2D eigenvalue weighted by atomic mass is 16.3. The van der Waals surface area contributed by atoms with Crippen LogP contribution >= 0.6 is 0 Å². The first-order chi connectivity index (χ1) is 6.39. The van der Waals surface area contributed by atoms with Crippen LogP contribution in [0, 0.1) is 0 Å². The van der Waals surface area contributed by atoms with Crippen molar-refractivity contribution in [3.05, 3.63) is 35.4 Å². The molecule has 1 aromatic carbocycles. The van der Waals surface area contributed by atoms with Crippen LogP contribution in [0.3, 0.4) is 0 Å². The molecule has 0 aliphatic carbocycles. The number of rotatable bonds is 2. The Labute approximate surface area is 86.8 Å². The van der Waals surface area contributed by atoms with Crippen molar-refractivity contribution in [3.63, 3.8) is 0 Å². The fraction of sp³-hybridized carbons (Fsp3) is 0.538. The molecular formula is C13H20O. The predicted octanol–water partition coefficient (Wildman–Crippen LogP) is 2.91. The summed E-state index contributed by atoms with van der Waals surface area (Å²) in [5.74, 6) is 0. The van der Waals surface area contributed by atoms with Gasteiger partial charge in [0.15, 0.2) is 0 Å². The zero-order chi connectivity index (χ0) is 10.8. The largest absolute Gasteiger partial charge is 0.393 e. The van der Waals surface area contributed by atoms with Crippen molar-refractivity contribution in [2.75, 3.05) is 0 Å². The fourth-order valence-electron chi connectivity index (χ4n) is 1.48. The summed E-state index contributed by atoms with van der Waals surface area (Å²) in [7, 11) is 0. The molecule has 1 nitrogen and oxygen atoms in total. The van der Waals surface area contributed by atoms with Crippen LogP contribution in [0.15, 0.2) is 24.3 Å². The molecule has 14 heavy (non-hydrogen) atoms. The van der Waals surface area contributed by atoms with Gasteiger partial charge in [0, 0.05) is 0 Å². The average Bonchev–Trinajstić information content (AvgIpc) is 2.02. The van der Waals surface area contributed by atoms with Gasteiger partial charge in [0.05, 0.1) is 6.10 Å². The third kappa shape index (κ3) is 3.15. The molecule has 0 heterocycles. The minimum atomic E-state index is -0.254. The summed E-state index contributed by atoms with van der Waals surface area (Å²) < 4.78 is 0. The minimum Gasteiger partial charge on any atom is -0.393 e. The Kier molecular flexibility index (Phi) is 3.33. The van der Waals surface area contributed by atoms with E-state index in [-0.39, 0.29) is 11.5 Å². The Morgan fingerprint density at radius 1 is 1.14 bits per heavy atom. The molecule has 1 N–H and O–H groups in total. The van der Waals surface area contributed by atoms with Gasteiger partial charge in [0.25, 0.3) is 0 Å². The lowest BCUT2D eigenvalue weighted by atomic mass is 9.86. The van der Waals surface area contributed by atoms with Crippen LogP contribution in [0.2, 0.25) is 0 Å². The van der Waals surface area contributed by atoms with Gasteiger partial charge >= 0.3 is 0 Å². The molecule has 0 radical (unpaired) electrons. The molecule has 1 heteroatoms. The summed E-state index contributed by atoms with van der Waals surface area (Å²) in [6.07, 6.45) is 0.486. The molecule has 0 aromatic heterocycles. The van der Waals surface area contributed by atoms with E-state index in [1.165, 1.54) is 11.1 Å². The molecule has 1 aromatic rings. The van der Waals surface area contributed by atoms with E-state index < -0.39 is 0 Å². The Hall–Kier alpha value is -0.820. The zero-order valence-corrected chi connectivity index (χ0v) is 9.54. The van der Waals surface area contributed by atoms with E-state index in [1.54, 1.807) is 0 Å². The third-order valence-electron chi connectivity index (χ3n) is 2.35. The van der Waals surface area contributed by atoms with E-state index in [1.807, 2.05) is 6.92 Å². The SMILES string of the molecule is CC(O)Cc1ccc(C(C)(C)C)cc1. The van der Waals surface area contributed by atoms with Crippen molar-refractivity contribution in [1.82, 2.24) is 0 Å². The Bertz CT molecular complexity index is 277. The predicted molar refractivity (Wildman–Crippen MR) is 60.5 cm³/mol. The average molecular weight is 192 g/mol.